The number of hydrogen-bond acceptors (Lipinski definition) is 6. The fraction of sp³-hybridized carbons (Fsp3) is 0.667. The van der Waals surface area contributed by atoms with Gasteiger partial charge in [0.25, 0.3) is 0 Å². The third-order valence-electron chi connectivity index (χ3n) is 3.70. The zero-order valence-corrected chi connectivity index (χ0v) is 13.7. The Morgan fingerprint density at radius 1 is 1.27 bits per heavy atom. The average molecular weight is 306 g/mol. The van der Waals surface area contributed by atoms with E-state index in [-0.39, 0.29) is 0 Å². The molecule has 0 atom stereocenters. The van der Waals surface area contributed by atoms with Gasteiger partial charge in [-0.15, -0.1) is 0 Å². The average Bonchev–Trinajstić information content (AvgIpc) is 2.51. The summed E-state index contributed by atoms with van der Waals surface area (Å²) < 4.78 is 0. The first-order valence-electron chi connectivity index (χ1n) is 7.77. The van der Waals surface area contributed by atoms with Crippen molar-refractivity contribution in [2.45, 2.75) is 13.3 Å². The molecule has 7 nitrogen and oxygen atoms in total. The van der Waals surface area contributed by atoms with Crippen LogP contribution in [-0.4, -0.2) is 79.5 Å². The molecule has 1 fully saturated rings. The number of anilines is 2. The van der Waals surface area contributed by atoms with Gasteiger partial charge in [-0.1, -0.05) is 0 Å². The van der Waals surface area contributed by atoms with Crippen LogP contribution in [0.15, 0.2) is 6.07 Å². The summed E-state index contributed by atoms with van der Waals surface area (Å²) in [6, 6.07) is 2.00. The third kappa shape index (κ3) is 4.84. The van der Waals surface area contributed by atoms with E-state index < -0.39 is 0 Å². The summed E-state index contributed by atoms with van der Waals surface area (Å²) in [5, 5.41) is 3.37. The molecular weight excluding hydrogens is 280 g/mol. The summed E-state index contributed by atoms with van der Waals surface area (Å²) in [6.45, 7) is 6.99. The van der Waals surface area contributed by atoms with Gasteiger partial charge in [0, 0.05) is 38.8 Å². The van der Waals surface area contributed by atoms with E-state index in [1.807, 2.05) is 13.0 Å². The first-order valence-corrected chi connectivity index (χ1v) is 7.77. The molecule has 1 aromatic rings. The SMILES string of the molecule is Cc1nc(NCCCN(C)C)cc(N2CCN(C=O)CC2)n1. The van der Waals surface area contributed by atoms with Crippen LogP contribution < -0.4 is 10.2 Å². The summed E-state index contributed by atoms with van der Waals surface area (Å²) in [7, 11) is 4.15. The molecule has 0 saturated carbocycles. The van der Waals surface area contributed by atoms with Gasteiger partial charge in [-0.05, 0) is 34.0 Å². The molecule has 7 heteroatoms. The van der Waals surface area contributed by atoms with Crippen molar-refractivity contribution >= 4 is 18.0 Å². The summed E-state index contributed by atoms with van der Waals surface area (Å²) in [5.74, 6) is 2.58. The monoisotopic (exact) mass is 306 g/mol. The molecule has 2 heterocycles. The summed E-state index contributed by atoms with van der Waals surface area (Å²) in [4.78, 5) is 25.9. The quantitative estimate of drug-likeness (QED) is 0.582. The molecule has 0 bridgehead atoms. The van der Waals surface area contributed by atoms with E-state index in [0.29, 0.717) is 0 Å². The third-order valence-corrected chi connectivity index (χ3v) is 3.70. The molecule has 0 unspecified atom stereocenters. The van der Waals surface area contributed by atoms with Gasteiger partial charge in [-0.2, -0.15) is 0 Å². The van der Waals surface area contributed by atoms with Crippen molar-refractivity contribution in [1.82, 2.24) is 19.8 Å². The maximum absolute atomic E-state index is 10.8. The Hall–Kier alpha value is -1.89. The predicted molar refractivity (Wildman–Crippen MR) is 88.3 cm³/mol. The Bertz CT molecular complexity index is 485. The van der Waals surface area contributed by atoms with Crippen LogP contribution in [0.3, 0.4) is 0 Å². The molecule has 1 aromatic heterocycles. The molecule has 0 spiro atoms. The van der Waals surface area contributed by atoms with Gasteiger partial charge in [0.05, 0.1) is 0 Å². The standard InChI is InChI=1S/C15H26N6O/c1-13-17-14(16-5-4-6-19(2)3)11-15(18-13)21-9-7-20(12-22)8-10-21/h11-12H,4-10H2,1-3H3,(H,16,17,18). The van der Waals surface area contributed by atoms with Crippen LogP contribution in [-0.2, 0) is 4.79 Å². The van der Waals surface area contributed by atoms with Crippen molar-refractivity contribution < 1.29 is 4.79 Å². The molecular formula is C15H26N6O. The minimum absolute atomic E-state index is 0.748. The maximum Gasteiger partial charge on any atom is 0.209 e. The van der Waals surface area contributed by atoms with Crippen LogP contribution in [0.1, 0.15) is 12.2 Å². The number of nitrogens with zero attached hydrogens (tertiary/aromatic N) is 5. The molecule has 2 rings (SSSR count). The summed E-state index contributed by atoms with van der Waals surface area (Å²) in [5.41, 5.74) is 0. The highest BCUT2D eigenvalue weighted by Gasteiger charge is 2.17. The lowest BCUT2D eigenvalue weighted by Gasteiger charge is -2.33. The Kier molecular flexibility index (Phi) is 5.94. The number of piperazine rings is 1. The minimum Gasteiger partial charge on any atom is -0.370 e. The number of nitrogens with one attached hydrogen (secondary N) is 1. The zero-order valence-electron chi connectivity index (χ0n) is 13.7. The molecule has 1 amide bonds. The van der Waals surface area contributed by atoms with Crippen LogP contribution in [0.25, 0.3) is 0 Å². The number of aryl methyl sites for hydroxylation is 1. The predicted octanol–water partition coefficient (Wildman–Crippen LogP) is 0.427. The van der Waals surface area contributed by atoms with Crippen LogP contribution in [0.4, 0.5) is 11.6 Å². The Balaban J connectivity index is 1.93. The fourth-order valence-corrected chi connectivity index (χ4v) is 2.47. The van der Waals surface area contributed by atoms with Crippen molar-refractivity contribution in [3.8, 4) is 0 Å². The van der Waals surface area contributed by atoms with Crippen molar-refractivity contribution in [2.24, 2.45) is 0 Å². The summed E-state index contributed by atoms with van der Waals surface area (Å²) in [6.07, 6.45) is 1.99. The normalized spacial score (nSPS) is 15.3. The second-order valence-corrected chi connectivity index (χ2v) is 5.87. The van der Waals surface area contributed by atoms with Gasteiger partial charge in [0.1, 0.15) is 17.5 Å². The van der Waals surface area contributed by atoms with Gasteiger partial charge >= 0.3 is 0 Å². The Labute approximate surface area is 132 Å². The molecule has 1 aliphatic heterocycles. The van der Waals surface area contributed by atoms with Gasteiger partial charge in [0.15, 0.2) is 0 Å². The van der Waals surface area contributed by atoms with E-state index in [4.69, 9.17) is 0 Å². The van der Waals surface area contributed by atoms with E-state index >= 15 is 0 Å². The topological polar surface area (TPSA) is 64.6 Å². The molecule has 1 aliphatic rings. The Morgan fingerprint density at radius 2 is 2.00 bits per heavy atom. The molecule has 122 valence electrons. The highest BCUT2D eigenvalue weighted by molar-refractivity contribution is 5.52. The lowest BCUT2D eigenvalue weighted by Crippen LogP contribution is -2.46. The van der Waals surface area contributed by atoms with Gasteiger partial charge in [-0.25, -0.2) is 9.97 Å². The van der Waals surface area contributed by atoms with Crippen LogP contribution in [0.2, 0.25) is 0 Å². The molecule has 0 aliphatic carbocycles. The first-order chi connectivity index (χ1) is 10.6. The van der Waals surface area contributed by atoms with Crippen molar-refractivity contribution in [3.63, 3.8) is 0 Å². The molecule has 22 heavy (non-hydrogen) atoms. The van der Waals surface area contributed by atoms with Crippen molar-refractivity contribution in [2.75, 3.05) is 63.6 Å². The van der Waals surface area contributed by atoms with E-state index in [0.717, 1.165) is 69.6 Å². The second-order valence-electron chi connectivity index (χ2n) is 5.87. The van der Waals surface area contributed by atoms with Crippen LogP contribution in [0, 0.1) is 6.92 Å². The molecule has 0 aromatic carbocycles. The lowest BCUT2D eigenvalue weighted by atomic mass is 10.3. The fourth-order valence-electron chi connectivity index (χ4n) is 2.47. The van der Waals surface area contributed by atoms with Crippen molar-refractivity contribution in [3.05, 3.63) is 11.9 Å². The number of amides is 1. The minimum atomic E-state index is 0.748. The van der Waals surface area contributed by atoms with Gasteiger partial charge in [-0.3, -0.25) is 4.79 Å². The second kappa shape index (κ2) is 7.93. The van der Waals surface area contributed by atoms with Crippen molar-refractivity contribution in [1.29, 1.82) is 0 Å². The van der Waals surface area contributed by atoms with Crippen LogP contribution in [0.5, 0.6) is 0 Å². The highest BCUT2D eigenvalue weighted by Crippen LogP contribution is 2.17. The van der Waals surface area contributed by atoms with E-state index in [9.17, 15) is 4.79 Å². The largest absolute Gasteiger partial charge is 0.370 e. The van der Waals surface area contributed by atoms with Gasteiger partial charge < -0.3 is 20.0 Å². The smallest absolute Gasteiger partial charge is 0.209 e. The maximum atomic E-state index is 10.8. The molecule has 0 radical (unpaired) electrons. The van der Waals surface area contributed by atoms with Gasteiger partial charge in [0.2, 0.25) is 6.41 Å². The Morgan fingerprint density at radius 3 is 2.64 bits per heavy atom. The number of rotatable bonds is 7. The first kappa shape index (κ1) is 16.5. The van der Waals surface area contributed by atoms with E-state index in [1.165, 1.54) is 0 Å². The van der Waals surface area contributed by atoms with E-state index in [1.54, 1.807) is 4.90 Å². The number of aromatic nitrogens is 2. The number of hydrogen-bond donors (Lipinski definition) is 1. The lowest BCUT2D eigenvalue weighted by molar-refractivity contribution is -0.118. The van der Waals surface area contributed by atoms with Crippen LogP contribution >= 0.6 is 0 Å². The molecule has 1 saturated heterocycles. The summed E-state index contributed by atoms with van der Waals surface area (Å²) >= 11 is 0. The number of carbonyl (C=O) groups is 1. The zero-order chi connectivity index (χ0) is 15.9. The van der Waals surface area contributed by atoms with E-state index in [2.05, 4.69) is 39.2 Å². The highest BCUT2D eigenvalue weighted by atomic mass is 16.1. The number of carbonyl (C=O) groups excluding carboxylic acids is 1. The molecule has 1 N–H and O–H groups in total.